The van der Waals surface area contributed by atoms with Crippen molar-refractivity contribution in [3.63, 3.8) is 0 Å². The van der Waals surface area contributed by atoms with Crippen molar-refractivity contribution in [3.05, 3.63) is 45.4 Å². The molecule has 1 aliphatic heterocycles. The van der Waals surface area contributed by atoms with Gasteiger partial charge in [-0.3, -0.25) is 9.59 Å². The van der Waals surface area contributed by atoms with E-state index in [-0.39, 0.29) is 45.2 Å². The van der Waals surface area contributed by atoms with Gasteiger partial charge in [-0.25, -0.2) is 8.42 Å². The molecule has 1 aliphatic rings. The summed E-state index contributed by atoms with van der Waals surface area (Å²) < 4.78 is 42.4. The maximum absolute atomic E-state index is 12.8. The summed E-state index contributed by atoms with van der Waals surface area (Å²) in [6.45, 7) is 0.601. The van der Waals surface area contributed by atoms with E-state index >= 15 is 0 Å². The predicted molar refractivity (Wildman–Crippen MR) is 134 cm³/mol. The molecule has 0 radical (unpaired) electrons. The summed E-state index contributed by atoms with van der Waals surface area (Å²) in [6.07, 6.45) is 0. The van der Waals surface area contributed by atoms with Crippen molar-refractivity contribution in [1.82, 2.24) is 4.31 Å². The molecule has 1 saturated heterocycles. The summed E-state index contributed by atoms with van der Waals surface area (Å²) in [6, 6.07) is 7.28. The molecule has 0 aliphatic carbocycles. The number of carbonyl (C=O) groups excluding carboxylic acids is 2. The molecule has 0 atom stereocenters. The van der Waals surface area contributed by atoms with Crippen molar-refractivity contribution in [2.45, 2.75) is 9.79 Å². The second kappa shape index (κ2) is 12.5. The Morgan fingerprint density at radius 1 is 1.11 bits per heavy atom. The van der Waals surface area contributed by atoms with Gasteiger partial charge in [0.05, 0.1) is 51.7 Å². The predicted octanol–water partition coefficient (Wildman–Crippen LogP) is 3.95. The lowest BCUT2D eigenvalue weighted by Crippen LogP contribution is -2.40. The number of benzene rings is 2. The van der Waals surface area contributed by atoms with Gasteiger partial charge in [0.15, 0.2) is 6.61 Å². The summed E-state index contributed by atoms with van der Waals surface area (Å²) in [5, 5.41) is 3.24. The highest BCUT2D eigenvalue weighted by molar-refractivity contribution is 8.00. The van der Waals surface area contributed by atoms with Crippen molar-refractivity contribution >= 4 is 74.2 Å². The van der Waals surface area contributed by atoms with Gasteiger partial charge in [-0.15, -0.1) is 11.8 Å². The number of methoxy groups -OCH3 is 1. The van der Waals surface area contributed by atoms with Crippen LogP contribution in [0.4, 0.5) is 5.69 Å². The normalized spacial score (nSPS) is 14.4. The summed E-state index contributed by atoms with van der Waals surface area (Å²) >= 11 is 19.0. The van der Waals surface area contributed by atoms with Crippen LogP contribution in [0.2, 0.25) is 15.1 Å². The van der Waals surface area contributed by atoms with Gasteiger partial charge in [0.1, 0.15) is 5.75 Å². The number of rotatable bonds is 9. The number of halogens is 3. The zero-order valence-electron chi connectivity index (χ0n) is 18.4. The molecular weight excluding hydrogens is 563 g/mol. The Labute approximate surface area is 222 Å². The van der Waals surface area contributed by atoms with E-state index in [1.54, 1.807) is 12.1 Å². The summed E-state index contributed by atoms with van der Waals surface area (Å²) in [7, 11) is -2.39. The van der Waals surface area contributed by atoms with E-state index < -0.39 is 28.5 Å². The van der Waals surface area contributed by atoms with Crippen molar-refractivity contribution in [2.24, 2.45) is 0 Å². The van der Waals surface area contributed by atoms with Crippen LogP contribution in [0.1, 0.15) is 0 Å². The van der Waals surface area contributed by atoms with Gasteiger partial charge in [0, 0.05) is 24.1 Å². The van der Waals surface area contributed by atoms with Crippen LogP contribution in [0.5, 0.6) is 5.75 Å². The van der Waals surface area contributed by atoms with Gasteiger partial charge >= 0.3 is 5.97 Å². The van der Waals surface area contributed by atoms with E-state index in [0.717, 1.165) is 11.8 Å². The number of carbonyl (C=O) groups is 2. The number of morpholine rings is 1. The van der Waals surface area contributed by atoms with Gasteiger partial charge in [-0.2, -0.15) is 4.31 Å². The SMILES string of the molecule is COc1cc(S(=O)(=O)N2CCOCC2)ccc1NC(=O)COC(=O)CSc1ccc(Cl)c(Cl)c1Cl. The standard InChI is InChI=1S/C21H21Cl3N2O7S2/c1-31-16-10-13(35(29,30)26-6-8-32-9-7-26)2-4-15(16)25-18(27)11-33-19(28)12-34-17-5-3-14(22)20(23)21(17)24/h2-5,10H,6-9,11-12H2,1H3,(H,25,27). The Hall–Kier alpha value is -1.73. The van der Waals surface area contributed by atoms with Crippen LogP contribution in [0.25, 0.3) is 0 Å². The molecule has 9 nitrogen and oxygen atoms in total. The number of ether oxygens (including phenoxy) is 3. The third-order valence-corrected chi connectivity index (χ3v) is 9.10. The van der Waals surface area contributed by atoms with Crippen LogP contribution < -0.4 is 10.1 Å². The first-order valence-corrected chi connectivity index (χ1v) is 13.7. The van der Waals surface area contributed by atoms with Gasteiger partial charge in [0.25, 0.3) is 5.91 Å². The molecule has 0 saturated carbocycles. The second-order valence-corrected chi connectivity index (χ2v) is 11.2. The van der Waals surface area contributed by atoms with Crippen molar-refractivity contribution in [2.75, 3.05) is 51.1 Å². The first-order valence-electron chi connectivity index (χ1n) is 10.1. The fraction of sp³-hybridized carbons (Fsp3) is 0.333. The van der Waals surface area contributed by atoms with Crippen LogP contribution in [-0.2, 0) is 29.1 Å². The molecule has 1 amide bonds. The first-order chi connectivity index (χ1) is 16.6. The highest BCUT2D eigenvalue weighted by atomic mass is 35.5. The fourth-order valence-corrected chi connectivity index (χ4v) is 5.93. The Morgan fingerprint density at radius 3 is 2.51 bits per heavy atom. The topological polar surface area (TPSA) is 111 Å². The third-order valence-electron chi connectivity index (χ3n) is 4.76. The molecule has 190 valence electrons. The number of anilines is 1. The number of esters is 1. The number of hydrogen-bond acceptors (Lipinski definition) is 8. The molecule has 2 aromatic carbocycles. The monoisotopic (exact) mass is 582 g/mol. The van der Waals surface area contributed by atoms with Gasteiger partial charge in [-0.1, -0.05) is 34.8 Å². The zero-order valence-corrected chi connectivity index (χ0v) is 22.3. The number of hydrogen-bond donors (Lipinski definition) is 1. The minimum absolute atomic E-state index is 0.0265. The lowest BCUT2D eigenvalue weighted by molar-refractivity contribution is -0.144. The van der Waals surface area contributed by atoms with Crippen molar-refractivity contribution < 1.29 is 32.2 Å². The molecule has 0 bridgehead atoms. The number of amides is 1. The molecule has 0 aromatic heterocycles. The van der Waals surface area contributed by atoms with Gasteiger partial charge < -0.3 is 19.5 Å². The minimum Gasteiger partial charge on any atom is -0.495 e. The molecule has 1 fully saturated rings. The van der Waals surface area contributed by atoms with E-state index in [4.69, 9.17) is 49.0 Å². The fourth-order valence-electron chi connectivity index (χ4n) is 3.00. The molecule has 3 rings (SSSR count). The molecule has 14 heteroatoms. The van der Waals surface area contributed by atoms with Crippen LogP contribution >= 0.6 is 46.6 Å². The Morgan fingerprint density at radius 2 is 1.83 bits per heavy atom. The van der Waals surface area contributed by atoms with Crippen molar-refractivity contribution in [3.8, 4) is 5.75 Å². The molecule has 0 unspecified atom stereocenters. The molecule has 35 heavy (non-hydrogen) atoms. The zero-order chi connectivity index (χ0) is 25.6. The van der Waals surface area contributed by atoms with Crippen molar-refractivity contribution in [1.29, 1.82) is 0 Å². The Balaban J connectivity index is 1.55. The van der Waals surface area contributed by atoms with Gasteiger partial charge in [0.2, 0.25) is 10.0 Å². The molecule has 1 N–H and O–H groups in total. The smallest absolute Gasteiger partial charge is 0.316 e. The van der Waals surface area contributed by atoms with E-state index in [9.17, 15) is 18.0 Å². The quantitative estimate of drug-likeness (QED) is 0.268. The van der Waals surface area contributed by atoms with Crippen LogP contribution in [0.15, 0.2) is 40.1 Å². The lowest BCUT2D eigenvalue weighted by Gasteiger charge is -2.26. The van der Waals surface area contributed by atoms with E-state index in [1.165, 1.54) is 29.6 Å². The molecule has 0 spiro atoms. The molecule has 1 heterocycles. The number of thioether (sulfide) groups is 1. The minimum atomic E-state index is -3.73. The molecule has 2 aromatic rings. The third kappa shape index (κ3) is 7.16. The van der Waals surface area contributed by atoms with E-state index in [0.29, 0.717) is 23.1 Å². The average Bonchev–Trinajstić information content (AvgIpc) is 2.86. The largest absolute Gasteiger partial charge is 0.495 e. The van der Waals surface area contributed by atoms with Crippen LogP contribution in [-0.4, -0.2) is 70.4 Å². The summed E-state index contributed by atoms with van der Waals surface area (Å²) in [5.74, 6) is -1.24. The van der Waals surface area contributed by atoms with E-state index in [2.05, 4.69) is 5.32 Å². The summed E-state index contributed by atoms with van der Waals surface area (Å²) in [4.78, 5) is 24.9. The highest BCUT2D eigenvalue weighted by Gasteiger charge is 2.27. The first kappa shape index (κ1) is 27.9. The Bertz CT molecular complexity index is 1210. The number of nitrogens with zero attached hydrogens (tertiary/aromatic N) is 1. The average molecular weight is 584 g/mol. The second-order valence-electron chi connectivity index (χ2n) is 7.05. The van der Waals surface area contributed by atoms with E-state index in [1.807, 2.05) is 0 Å². The maximum Gasteiger partial charge on any atom is 0.316 e. The maximum atomic E-state index is 12.8. The highest BCUT2D eigenvalue weighted by Crippen LogP contribution is 2.37. The van der Waals surface area contributed by atoms with Gasteiger partial charge in [-0.05, 0) is 24.3 Å². The van der Waals surface area contributed by atoms with Crippen LogP contribution in [0, 0.1) is 0 Å². The molecular formula is C21H21Cl3N2O7S2. The van der Waals surface area contributed by atoms with Crippen LogP contribution in [0.3, 0.4) is 0 Å². The summed E-state index contributed by atoms with van der Waals surface area (Å²) in [5.41, 5.74) is 0.228. The lowest BCUT2D eigenvalue weighted by atomic mass is 10.3. The number of nitrogens with one attached hydrogen (secondary N) is 1. The number of sulfonamides is 1. The Kier molecular flexibility index (Phi) is 9.94.